The van der Waals surface area contributed by atoms with E-state index in [-0.39, 0.29) is 11.4 Å². The first-order valence-corrected chi connectivity index (χ1v) is 6.17. The smallest absolute Gasteiger partial charge is 0.254 e. The predicted molar refractivity (Wildman–Crippen MR) is 76.6 cm³/mol. The number of aromatic nitrogens is 2. The van der Waals surface area contributed by atoms with Crippen LogP contribution < -0.4 is 10.5 Å². The predicted octanol–water partition coefficient (Wildman–Crippen LogP) is 2.77. The monoisotopic (exact) mass is 287 g/mol. The van der Waals surface area contributed by atoms with Crippen molar-refractivity contribution in [3.63, 3.8) is 0 Å². The van der Waals surface area contributed by atoms with E-state index in [2.05, 4.69) is 16.5 Å². The van der Waals surface area contributed by atoms with Crippen LogP contribution in [-0.4, -0.2) is 15.9 Å². The summed E-state index contributed by atoms with van der Waals surface area (Å²) in [5, 5.41) is 0. The maximum Gasteiger partial charge on any atom is 0.254 e. The number of pyridine rings is 2. The third kappa shape index (κ3) is 2.89. The zero-order valence-corrected chi connectivity index (χ0v) is 11.7. The highest BCUT2D eigenvalue weighted by Crippen LogP contribution is 2.28. The van der Waals surface area contributed by atoms with Gasteiger partial charge in [0, 0.05) is 6.20 Å². The normalized spacial score (nSPS) is 10.2. The Labute approximate surface area is 121 Å². The minimum Gasteiger partial charge on any atom is -0.436 e. The summed E-state index contributed by atoms with van der Waals surface area (Å²) >= 11 is 0. The molecule has 2 heterocycles. The molecule has 0 unspecified atom stereocenters. The van der Waals surface area contributed by atoms with Crippen LogP contribution in [-0.2, 0) is 0 Å². The number of primary amides is 1. The maximum atomic E-state index is 13.0. The van der Waals surface area contributed by atoms with E-state index in [0.717, 1.165) is 6.07 Å². The van der Waals surface area contributed by atoms with Gasteiger partial charge in [0.05, 0.1) is 5.69 Å². The molecule has 0 spiro atoms. The molecule has 0 bridgehead atoms. The molecule has 1 amide bonds. The SMILES string of the molecule is C=Cc1cnc(Oc2ccc(F)nc2C)c(C(N)=O)c1C. The van der Waals surface area contributed by atoms with E-state index in [1.807, 2.05) is 0 Å². The molecular weight excluding hydrogens is 273 g/mol. The van der Waals surface area contributed by atoms with Crippen molar-refractivity contribution in [3.05, 3.63) is 53.2 Å². The molecule has 2 N–H and O–H groups in total. The summed E-state index contributed by atoms with van der Waals surface area (Å²) in [6, 6.07) is 2.58. The van der Waals surface area contributed by atoms with Crippen molar-refractivity contribution < 1.29 is 13.9 Å². The molecule has 5 nitrogen and oxygen atoms in total. The molecule has 2 aromatic rings. The Morgan fingerprint density at radius 1 is 1.43 bits per heavy atom. The fourth-order valence-corrected chi connectivity index (χ4v) is 1.90. The van der Waals surface area contributed by atoms with E-state index >= 15 is 0 Å². The van der Waals surface area contributed by atoms with Crippen molar-refractivity contribution in [3.8, 4) is 11.6 Å². The Morgan fingerprint density at radius 2 is 2.14 bits per heavy atom. The lowest BCUT2D eigenvalue weighted by atomic mass is 10.1. The zero-order chi connectivity index (χ0) is 15.6. The summed E-state index contributed by atoms with van der Waals surface area (Å²) in [5.74, 6) is -0.910. The first-order chi connectivity index (χ1) is 9.93. The fourth-order valence-electron chi connectivity index (χ4n) is 1.90. The van der Waals surface area contributed by atoms with Crippen LogP contribution >= 0.6 is 0 Å². The van der Waals surface area contributed by atoms with Gasteiger partial charge in [0.15, 0.2) is 5.75 Å². The molecule has 0 radical (unpaired) electrons. The molecule has 0 fully saturated rings. The van der Waals surface area contributed by atoms with Crippen molar-refractivity contribution in [2.24, 2.45) is 5.73 Å². The standard InChI is InChI=1S/C15H14FN3O2/c1-4-10-7-18-15(13(8(10)2)14(17)20)21-11-5-6-12(16)19-9(11)3/h4-7H,1H2,2-3H3,(H2,17,20). The lowest BCUT2D eigenvalue weighted by Crippen LogP contribution is -2.16. The third-order valence-electron chi connectivity index (χ3n) is 3.02. The Hall–Kier alpha value is -2.76. The summed E-state index contributed by atoms with van der Waals surface area (Å²) in [6.07, 6.45) is 3.10. The first-order valence-electron chi connectivity index (χ1n) is 6.17. The van der Waals surface area contributed by atoms with E-state index in [0.29, 0.717) is 22.6 Å². The summed E-state index contributed by atoms with van der Waals surface area (Å²) in [6.45, 7) is 6.96. The van der Waals surface area contributed by atoms with Crippen molar-refractivity contribution in [2.45, 2.75) is 13.8 Å². The maximum absolute atomic E-state index is 13.0. The molecule has 0 aromatic carbocycles. The number of carbonyl (C=O) groups is 1. The molecule has 6 heteroatoms. The molecule has 0 aliphatic carbocycles. The van der Waals surface area contributed by atoms with E-state index in [1.165, 1.54) is 12.3 Å². The number of halogens is 1. The molecule has 108 valence electrons. The van der Waals surface area contributed by atoms with Crippen LogP contribution in [0, 0.1) is 19.8 Å². The quantitative estimate of drug-likeness (QED) is 0.877. The molecule has 0 saturated carbocycles. The summed E-state index contributed by atoms with van der Waals surface area (Å²) in [4.78, 5) is 19.4. The molecular formula is C15H14FN3O2. The minimum atomic E-state index is -0.661. The van der Waals surface area contributed by atoms with Crippen molar-refractivity contribution >= 4 is 12.0 Å². The number of carbonyl (C=O) groups excluding carboxylic acids is 1. The first kappa shape index (κ1) is 14.6. The topological polar surface area (TPSA) is 78.1 Å². The molecule has 2 aromatic heterocycles. The van der Waals surface area contributed by atoms with Crippen LogP contribution in [0.1, 0.15) is 27.2 Å². The van der Waals surface area contributed by atoms with Crippen LogP contribution in [0.5, 0.6) is 11.6 Å². The Bertz CT molecular complexity index is 729. The van der Waals surface area contributed by atoms with E-state index in [1.54, 1.807) is 19.9 Å². The minimum absolute atomic E-state index is 0.0575. The number of nitrogens with zero attached hydrogens (tertiary/aromatic N) is 2. The van der Waals surface area contributed by atoms with E-state index in [4.69, 9.17) is 10.5 Å². The number of aryl methyl sites for hydroxylation is 1. The van der Waals surface area contributed by atoms with Crippen LogP contribution in [0.15, 0.2) is 24.9 Å². The van der Waals surface area contributed by atoms with Gasteiger partial charge in [-0.15, -0.1) is 0 Å². The second-order valence-electron chi connectivity index (χ2n) is 4.41. The van der Waals surface area contributed by atoms with Gasteiger partial charge >= 0.3 is 0 Å². The number of amides is 1. The Kier molecular flexibility index (Phi) is 3.98. The van der Waals surface area contributed by atoms with Crippen molar-refractivity contribution in [2.75, 3.05) is 0 Å². The average molecular weight is 287 g/mol. The molecule has 0 aliphatic rings. The molecule has 2 rings (SSSR count). The molecule has 0 aliphatic heterocycles. The molecule has 0 atom stereocenters. The summed E-state index contributed by atoms with van der Waals surface area (Å²) < 4.78 is 18.6. The summed E-state index contributed by atoms with van der Waals surface area (Å²) in [7, 11) is 0. The van der Waals surface area contributed by atoms with Crippen LogP contribution in [0.4, 0.5) is 4.39 Å². The Morgan fingerprint density at radius 3 is 2.71 bits per heavy atom. The van der Waals surface area contributed by atoms with Gasteiger partial charge in [0.25, 0.3) is 5.91 Å². The van der Waals surface area contributed by atoms with E-state index in [9.17, 15) is 9.18 Å². The number of nitrogens with two attached hydrogens (primary N) is 1. The lowest BCUT2D eigenvalue weighted by molar-refractivity contribution is 0.0996. The number of hydrogen-bond acceptors (Lipinski definition) is 4. The number of rotatable bonds is 4. The van der Waals surface area contributed by atoms with Gasteiger partial charge in [-0.05, 0) is 37.1 Å². The average Bonchev–Trinajstić information content (AvgIpc) is 2.41. The number of hydrogen-bond donors (Lipinski definition) is 1. The lowest BCUT2D eigenvalue weighted by Gasteiger charge is -2.13. The third-order valence-corrected chi connectivity index (χ3v) is 3.02. The number of ether oxygens (including phenoxy) is 1. The molecule has 0 saturated heterocycles. The van der Waals surface area contributed by atoms with E-state index < -0.39 is 11.9 Å². The zero-order valence-electron chi connectivity index (χ0n) is 11.7. The van der Waals surface area contributed by atoms with Gasteiger partial charge in [0.1, 0.15) is 5.56 Å². The molecule has 21 heavy (non-hydrogen) atoms. The fraction of sp³-hybridized carbons (Fsp3) is 0.133. The highest BCUT2D eigenvalue weighted by molar-refractivity contribution is 5.97. The van der Waals surface area contributed by atoms with Gasteiger partial charge in [-0.3, -0.25) is 4.79 Å². The van der Waals surface area contributed by atoms with Crippen LogP contribution in [0.3, 0.4) is 0 Å². The highest BCUT2D eigenvalue weighted by Gasteiger charge is 2.18. The largest absolute Gasteiger partial charge is 0.436 e. The summed E-state index contributed by atoms with van der Waals surface area (Å²) in [5.41, 5.74) is 7.20. The second kappa shape index (κ2) is 5.70. The van der Waals surface area contributed by atoms with Gasteiger partial charge < -0.3 is 10.5 Å². The highest BCUT2D eigenvalue weighted by atomic mass is 19.1. The van der Waals surface area contributed by atoms with Gasteiger partial charge in [-0.25, -0.2) is 9.97 Å². The van der Waals surface area contributed by atoms with Crippen LogP contribution in [0.25, 0.3) is 6.08 Å². The Balaban J connectivity index is 2.51. The van der Waals surface area contributed by atoms with Crippen molar-refractivity contribution in [1.82, 2.24) is 9.97 Å². The van der Waals surface area contributed by atoms with Gasteiger partial charge in [-0.1, -0.05) is 12.7 Å². The van der Waals surface area contributed by atoms with Crippen molar-refractivity contribution in [1.29, 1.82) is 0 Å². The second-order valence-corrected chi connectivity index (χ2v) is 4.41. The van der Waals surface area contributed by atoms with Gasteiger partial charge in [0.2, 0.25) is 11.8 Å². The van der Waals surface area contributed by atoms with Crippen LogP contribution in [0.2, 0.25) is 0 Å². The van der Waals surface area contributed by atoms with Gasteiger partial charge in [-0.2, -0.15) is 4.39 Å².